The van der Waals surface area contributed by atoms with Crippen LogP contribution in [-0.4, -0.2) is 14.7 Å². The highest BCUT2D eigenvalue weighted by atomic mass is 35.5. The van der Waals surface area contributed by atoms with Gasteiger partial charge in [-0.15, -0.1) is 0 Å². The van der Waals surface area contributed by atoms with Crippen LogP contribution >= 0.6 is 23.5 Å². The fraction of sp³-hybridized carbons (Fsp3) is 0.214. The first-order valence-electron chi connectivity index (χ1n) is 6.59. The normalized spacial score (nSPS) is 13.9. The number of benzene rings is 1. The Labute approximate surface area is 151 Å². The zero-order valence-electron chi connectivity index (χ0n) is 12.3. The summed E-state index contributed by atoms with van der Waals surface area (Å²) >= 11 is 5.52. The molecule has 1 atom stereocenters. The summed E-state index contributed by atoms with van der Waals surface area (Å²) in [7, 11) is 0. The monoisotopic (exact) mass is 420 g/mol. The summed E-state index contributed by atoms with van der Waals surface area (Å²) in [6.45, 7) is 0. The van der Waals surface area contributed by atoms with Crippen LogP contribution in [0.3, 0.4) is 0 Å². The number of hydrogen-bond donors (Lipinski definition) is 1. The SMILES string of the molecule is ON(Sc1cc(C(F)(F)F)cc(C(F)(F)F)c1)C(F)c1ccc(Cl)cn1. The maximum Gasteiger partial charge on any atom is 0.416 e. The third kappa shape index (κ3) is 5.22. The van der Waals surface area contributed by atoms with Gasteiger partial charge in [0, 0.05) is 11.1 Å². The summed E-state index contributed by atoms with van der Waals surface area (Å²) in [4.78, 5) is 2.91. The molecule has 1 N–H and O–H groups in total. The molecule has 2 aromatic rings. The Morgan fingerprint density at radius 1 is 1.00 bits per heavy atom. The molecule has 1 aromatic heterocycles. The predicted molar refractivity (Wildman–Crippen MR) is 79.0 cm³/mol. The number of hydrogen-bond acceptors (Lipinski definition) is 4. The van der Waals surface area contributed by atoms with Crippen molar-refractivity contribution in [2.45, 2.75) is 23.5 Å². The molecule has 3 nitrogen and oxygen atoms in total. The van der Waals surface area contributed by atoms with Crippen LogP contribution < -0.4 is 0 Å². The molecule has 12 heteroatoms. The molecule has 142 valence electrons. The van der Waals surface area contributed by atoms with Crippen molar-refractivity contribution in [1.82, 2.24) is 9.45 Å². The average molecular weight is 421 g/mol. The van der Waals surface area contributed by atoms with Crippen molar-refractivity contribution in [3.63, 3.8) is 0 Å². The Bertz CT molecular complexity index is 735. The number of pyridine rings is 1. The molecule has 0 aliphatic heterocycles. The van der Waals surface area contributed by atoms with Gasteiger partial charge in [-0.3, -0.25) is 10.2 Å². The summed E-state index contributed by atoms with van der Waals surface area (Å²) in [5, 5.41) is 9.84. The molecule has 0 aliphatic carbocycles. The Morgan fingerprint density at radius 2 is 1.54 bits per heavy atom. The predicted octanol–water partition coefficient (Wildman–Crippen LogP) is 6.14. The van der Waals surface area contributed by atoms with Gasteiger partial charge in [0.05, 0.1) is 21.8 Å². The third-order valence-electron chi connectivity index (χ3n) is 2.95. The molecule has 0 fully saturated rings. The van der Waals surface area contributed by atoms with E-state index >= 15 is 0 Å². The van der Waals surface area contributed by atoms with Gasteiger partial charge in [-0.1, -0.05) is 16.1 Å². The largest absolute Gasteiger partial charge is 0.416 e. The molecular weight excluding hydrogens is 413 g/mol. The van der Waals surface area contributed by atoms with Gasteiger partial charge in [-0.25, -0.2) is 4.39 Å². The smallest absolute Gasteiger partial charge is 0.300 e. The van der Waals surface area contributed by atoms with Gasteiger partial charge in [0.15, 0.2) is 0 Å². The van der Waals surface area contributed by atoms with Gasteiger partial charge in [-0.2, -0.15) is 26.3 Å². The lowest BCUT2D eigenvalue weighted by atomic mass is 10.1. The van der Waals surface area contributed by atoms with Gasteiger partial charge in [0.1, 0.15) is 0 Å². The summed E-state index contributed by atoms with van der Waals surface area (Å²) in [5.41, 5.74) is -3.50. The zero-order chi connectivity index (χ0) is 19.7. The van der Waals surface area contributed by atoms with Crippen LogP contribution in [0.4, 0.5) is 30.7 Å². The topological polar surface area (TPSA) is 36.4 Å². The summed E-state index contributed by atoms with van der Waals surface area (Å²) < 4.78 is 90.7. The lowest BCUT2D eigenvalue weighted by Crippen LogP contribution is -2.16. The van der Waals surface area contributed by atoms with Crippen molar-refractivity contribution < 1.29 is 35.9 Å². The van der Waals surface area contributed by atoms with Crippen LogP contribution in [0.2, 0.25) is 5.02 Å². The van der Waals surface area contributed by atoms with Crippen LogP contribution in [-0.2, 0) is 12.4 Å². The quantitative estimate of drug-likeness (QED) is 0.279. The van der Waals surface area contributed by atoms with Crippen molar-refractivity contribution in [2.24, 2.45) is 0 Å². The zero-order valence-corrected chi connectivity index (χ0v) is 13.9. The van der Waals surface area contributed by atoms with Crippen molar-refractivity contribution in [3.8, 4) is 0 Å². The Morgan fingerprint density at radius 3 is 1.96 bits per heavy atom. The fourth-order valence-corrected chi connectivity index (χ4v) is 2.66. The molecule has 1 heterocycles. The van der Waals surface area contributed by atoms with Crippen molar-refractivity contribution >= 4 is 23.5 Å². The molecule has 0 radical (unpaired) electrons. The summed E-state index contributed by atoms with van der Waals surface area (Å²) in [6, 6.07) is 3.01. The first-order chi connectivity index (χ1) is 11.9. The van der Waals surface area contributed by atoms with E-state index < -0.39 is 34.7 Å². The second-order valence-electron chi connectivity index (χ2n) is 4.87. The number of aromatic nitrogens is 1. The second kappa shape index (κ2) is 7.59. The van der Waals surface area contributed by atoms with Crippen molar-refractivity contribution in [2.75, 3.05) is 0 Å². The minimum absolute atomic E-state index is 0.0478. The minimum atomic E-state index is -5.05. The van der Waals surface area contributed by atoms with E-state index in [-0.39, 0.29) is 33.2 Å². The van der Waals surface area contributed by atoms with Crippen LogP contribution in [0.25, 0.3) is 0 Å². The highest BCUT2D eigenvalue weighted by Gasteiger charge is 2.37. The molecule has 2 rings (SSSR count). The average Bonchev–Trinajstić information content (AvgIpc) is 2.53. The lowest BCUT2D eigenvalue weighted by molar-refractivity contribution is -0.143. The first kappa shape index (κ1) is 20.7. The van der Waals surface area contributed by atoms with Crippen LogP contribution in [0.15, 0.2) is 41.4 Å². The number of rotatable bonds is 4. The van der Waals surface area contributed by atoms with Gasteiger partial charge in [0.25, 0.3) is 0 Å². The van der Waals surface area contributed by atoms with Crippen molar-refractivity contribution in [1.29, 1.82) is 0 Å². The Hall–Kier alpha value is -1.56. The third-order valence-corrected chi connectivity index (χ3v) is 3.99. The van der Waals surface area contributed by atoms with E-state index in [2.05, 4.69) is 4.98 Å². The highest BCUT2D eigenvalue weighted by molar-refractivity contribution is 7.96. The molecule has 0 amide bonds. The van der Waals surface area contributed by atoms with Gasteiger partial charge < -0.3 is 0 Å². The van der Waals surface area contributed by atoms with E-state index in [0.29, 0.717) is 12.1 Å². The second-order valence-corrected chi connectivity index (χ2v) is 6.34. The molecular formula is C14H8ClF7N2OS. The minimum Gasteiger partial charge on any atom is -0.300 e. The van der Waals surface area contributed by atoms with Gasteiger partial charge in [0.2, 0.25) is 6.30 Å². The van der Waals surface area contributed by atoms with E-state index in [1.807, 2.05) is 0 Å². The first-order valence-corrected chi connectivity index (χ1v) is 7.74. The maximum absolute atomic E-state index is 14.1. The molecule has 0 spiro atoms. The molecule has 0 bridgehead atoms. The van der Waals surface area contributed by atoms with Crippen molar-refractivity contribution in [3.05, 3.63) is 58.4 Å². The Balaban J connectivity index is 2.31. The van der Waals surface area contributed by atoms with Gasteiger partial charge in [-0.05, 0) is 42.3 Å². The number of alkyl halides is 7. The van der Waals surface area contributed by atoms with Crippen LogP contribution in [0.5, 0.6) is 0 Å². The summed E-state index contributed by atoms with van der Waals surface area (Å²) in [6.07, 6.45) is -11.4. The molecule has 0 aliphatic rings. The molecule has 1 aromatic carbocycles. The van der Waals surface area contributed by atoms with E-state index in [1.165, 1.54) is 6.07 Å². The number of nitrogens with zero attached hydrogens (tertiary/aromatic N) is 2. The van der Waals surface area contributed by atoms with E-state index in [0.717, 1.165) is 12.3 Å². The maximum atomic E-state index is 14.1. The summed E-state index contributed by atoms with van der Waals surface area (Å²) in [5.74, 6) is 0. The highest BCUT2D eigenvalue weighted by Crippen LogP contribution is 2.40. The fourth-order valence-electron chi connectivity index (χ4n) is 1.77. The molecule has 1 unspecified atom stereocenters. The van der Waals surface area contributed by atoms with E-state index in [1.54, 1.807) is 0 Å². The molecule has 0 saturated heterocycles. The lowest BCUT2D eigenvalue weighted by Gasteiger charge is -2.19. The van der Waals surface area contributed by atoms with Crippen LogP contribution in [0, 0.1) is 0 Å². The molecule has 26 heavy (non-hydrogen) atoms. The van der Waals surface area contributed by atoms with E-state index in [4.69, 9.17) is 11.6 Å². The number of hydroxylamine groups is 1. The van der Waals surface area contributed by atoms with E-state index in [9.17, 15) is 35.9 Å². The standard InChI is InChI=1S/C14H8ClF7N2OS/c15-9-1-2-11(23-6-9)12(16)24(25)26-10-4-7(13(17,18)19)3-8(5-10)14(20,21)22/h1-6,12,25H. The number of halogens is 8. The van der Waals surface area contributed by atoms with Gasteiger partial charge >= 0.3 is 12.4 Å². The molecule has 0 saturated carbocycles. The van der Waals surface area contributed by atoms with Crippen LogP contribution in [0.1, 0.15) is 23.1 Å². The Kier molecular flexibility index (Phi) is 6.06.